The summed E-state index contributed by atoms with van der Waals surface area (Å²) in [4.78, 5) is 5.21. The summed E-state index contributed by atoms with van der Waals surface area (Å²) in [6, 6.07) is 1.85. The van der Waals surface area contributed by atoms with E-state index in [9.17, 15) is 0 Å². The van der Waals surface area contributed by atoms with Gasteiger partial charge in [-0.15, -0.1) is 11.3 Å². The van der Waals surface area contributed by atoms with Crippen LogP contribution < -0.4 is 5.73 Å². The summed E-state index contributed by atoms with van der Waals surface area (Å²) >= 11 is 1.53. The fourth-order valence-corrected chi connectivity index (χ4v) is 2.07. The Morgan fingerprint density at radius 3 is 3.00 bits per heavy atom. The van der Waals surface area contributed by atoms with Gasteiger partial charge in [0, 0.05) is 5.92 Å². The van der Waals surface area contributed by atoms with Crippen molar-refractivity contribution in [1.82, 2.24) is 10.1 Å². The van der Waals surface area contributed by atoms with Crippen molar-refractivity contribution in [1.29, 1.82) is 0 Å². The lowest BCUT2D eigenvalue weighted by molar-refractivity contribution is 0.423. The van der Waals surface area contributed by atoms with Gasteiger partial charge in [0.1, 0.15) is 4.88 Å². The topological polar surface area (TPSA) is 64.9 Å². The van der Waals surface area contributed by atoms with Crippen LogP contribution in [-0.4, -0.2) is 10.1 Å². The van der Waals surface area contributed by atoms with Crippen LogP contribution in [0.2, 0.25) is 0 Å². The molecule has 0 saturated heterocycles. The molecule has 0 unspecified atom stereocenters. The average molecular weight is 207 g/mol. The van der Waals surface area contributed by atoms with Crippen LogP contribution in [0, 0.1) is 0 Å². The molecule has 2 aromatic heterocycles. The Morgan fingerprint density at radius 1 is 1.50 bits per heavy atom. The van der Waals surface area contributed by atoms with E-state index in [2.05, 4.69) is 10.1 Å². The molecular formula is C9H9N3OS. The summed E-state index contributed by atoms with van der Waals surface area (Å²) in [6.45, 7) is 0. The normalized spacial score (nSPS) is 16.0. The third-order valence-corrected chi connectivity index (χ3v) is 3.19. The summed E-state index contributed by atoms with van der Waals surface area (Å²) < 4.78 is 5.16. The second-order valence-corrected chi connectivity index (χ2v) is 4.35. The number of aromatic nitrogens is 2. The standard InChI is InChI=1S/C9H9N3OS/c10-6-3-4-14-7(6)9-11-8(12-13-9)5-1-2-5/h3-5H,1-2,10H2. The molecule has 72 valence electrons. The molecule has 0 spiro atoms. The number of rotatable bonds is 2. The number of hydrogen-bond donors (Lipinski definition) is 1. The predicted molar refractivity (Wildman–Crippen MR) is 54.0 cm³/mol. The molecule has 14 heavy (non-hydrogen) atoms. The maximum atomic E-state index is 5.76. The highest BCUT2D eigenvalue weighted by Gasteiger charge is 2.29. The molecule has 5 heteroatoms. The van der Waals surface area contributed by atoms with Crippen molar-refractivity contribution in [2.24, 2.45) is 0 Å². The molecular weight excluding hydrogens is 198 g/mol. The highest BCUT2D eigenvalue weighted by molar-refractivity contribution is 7.14. The van der Waals surface area contributed by atoms with Crippen molar-refractivity contribution in [3.05, 3.63) is 17.3 Å². The second-order valence-electron chi connectivity index (χ2n) is 3.44. The van der Waals surface area contributed by atoms with Crippen LogP contribution in [0.25, 0.3) is 10.8 Å². The number of hydrogen-bond acceptors (Lipinski definition) is 5. The molecule has 1 saturated carbocycles. The first-order valence-corrected chi connectivity index (χ1v) is 5.39. The largest absolute Gasteiger partial charge is 0.397 e. The first-order valence-electron chi connectivity index (χ1n) is 4.51. The van der Waals surface area contributed by atoms with Crippen molar-refractivity contribution in [2.45, 2.75) is 18.8 Å². The lowest BCUT2D eigenvalue weighted by Crippen LogP contribution is -1.84. The molecule has 0 radical (unpaired) electrons. The molecule has 0 amide bonds. The second kappa shape index (κ2) is 2.81. The maximum Gasteiger partial charge on any atom is 0.270 e. The van der Waals surface area contributed by atoms with Gasteiger partial charge in [0.25, 0.3) is 5.89 Å². The zero-order valence-corrected chi connectivity index (χ0v) is 8.25. The van der Waals surface area contributed by atoms with Crippen molar-refractivity contribution in [3.63, 3.8) is 0 Å². The summed E-state index contributed by atoms with van der Waals surface area (Å²) in [6.07, 6.45) is 2.36. The zero-order chi connectivity index (χ0) is 9.54. The smallest absolute Gasteiger partial charge is 0.270 e. The van der Waals surface area contributed by atoms with Crippen LogP contribution >= 0.6 is 11.3 Å². The number of anilines is 1. The van der Waals surface area contributed by atoms with E-state index in [1.165, 1.54) is 24.2 Å². The van der Waals surface area contributed by atoms with Gasteiger partial charge in [-0.25, -0.2) is 0 Å². The molecule has 2 N–H and O–H groups in total. The van der Waals surface area contributed by atoms with Crippen LogP contribution in [0.15, 0.2) is 16.0 Å². The first-order chi connectivity index (χ1) is 6.84. The van der Waals surface area contributed by atoms with Crippen LogP contribution in [0.3, 0.4) is 0 Å². The van der Waals surface area contributed by atoms with Gasteiger partial charge in [-0.3, -0.25) is 0 Å². The van der Waals surface area contributed by atoms with E-state index >= 15 is 0 Å². The minimum Gasteiger partial charge on any atom is -0.397 e. The highest BCUT2D eigenvalue weighted by Crippen LogP contribution is 2.39. The SMILES string of the molecule is Nc1ccsc1-c1nc(C2CC2)no1. The van der Waals surface area contributed by atoms with Crippen molar-refractivity contribution in [2.75, 3.05) is 5.73 Å². The van der Waals surface area contributed by atoms with Gasteiger partial charge >= 0.3 is 0 Å². The Kier molecular flexibility index (Phi) is 1.61. The fraction of sp³-hybridized carbons (Fsp3) is 0.333. The zero-order valence-electron chi connectivity index (χ0n) is 7.43. The molecule has 1 aliphatic rings. The quantitative estimate of drug-likeness (QED) is 0.820. The molecule has 0 aromatic carbocycles. The molecule has 0 atom stereocenters. The monoisotopic (exact) mass is 207 g/mol. The van der Waals surface area contributed by atoms with Gasteiger partial charge in [-0.1, -0.05) is 5.16 Å². The lowest BCUT2D eigenvalue weighted by Gasteiger charge is -1.88. The average Bonchev–Trinajstić information content (AvgIpc) is 2.75. The van der Waals surface area contributed by atoms with Crippen LogP contribution in [0.1, 0.15) is 24.6 Å². The van der Waals surface area contributed by atoms with Crippen molar-refractivity contribution in [3.8, 4) is 10.8 Å². The van der Waals surface area contributed by atoms with Crippen LogP contribution in [0.5, 0.6) is 0 Å². The Balaban J connectivity index is 1.99. The third kappa shape index (κ3) is 1.21. The van der Waals surface area contributed by atoms with E-state index in [0.717, 1.165) is 10.7 Å². The molecule has 1 fully saturated rings. The summed E-state index contributed by atoms with van der Waals surface area (Å²) in [5, 5.41) is 5.86. The molecule has 0 bridgehead atoms. The van der Waals surface area contributed by atoms with Gasteiger partial charge < -0.3 is 10.3 Å². The molecule has 2 aromatic rings. The number of nitrogens with two attached hydrogens (primary N) is 1. The molecule has 3 rings (SSSR count). The van der Waals surface area contributed by atoms with E-state index in [1.807, 2.05) is 11.4 Å². The molecule has 0 aliphatic heterocycles. The summed E-state index contributed by atoms with van der Waals surface area (Å²) in [7, 11) is 0. The van der Waals surface area contributed by atoms with Crippen molar-refractivity contribution < 1.29 is 4.52 Å². The molecule has 2 heterocycles. The Morgan fingerprint density at radius 2 is 2.36 bits per heavy atom. The van der Waals surface area contributed by atoms with E-state index in [-0.39, 0.29) is 0 Å². The molecule has 1 aliphatic carbocycles. The summed E-state index contributed by atoms with van der Waals surface area (Å²) in [5.41, 5.74) is 6.47. The summed E-state index contributed by atoms with van der Waals surface area (Å²) in [5.74, 6) is 1.90. The van der Waals surface area contributed by atoms with E-state index in [1.54, 1.807) is 0 Å². The van der Waals surface area contributed by atoms with E-state index in [0.29, 0.717) is 17.5 Å². The Hall–Kier alpha value is -1.36. The predicted octanol–water partition coefficient (Wildman–Crippen LogP) is 2.26. The molecule has 4 nitrogen and oxygen atoms in total. The highest BCUT2D eigenvalue weighted by atomic mass is 32.1. The van der Waals surface area contributed by atoms with Gasteiger partial charge in [0.05, 0.1) is 5.69 Å². The number of thiophene rings is 1. The third-order valence-electron chi connectivity index (χ3n) is 2.27. The van der Waals surface area contributed by atoms with E-state index < -0.39 is 0 Å². The fourth-order valence-electron chi connectivity index (χ4n) is 1.33. The number of nitrogen functional groups attached to an aromatic ring is 1. The Labute approximate surface area is 84.7 Å². The van der Waals surface area contributed by atoms with Crippen LogP contribution in [0.4, 0.5) is 5.69 Å². The Bertz CT molecular complexity index is 458. The van der Waals surface area contributed by atoms with E-state index in [4.69, 9.17) is 10.3 Å². The van der Waals surface area contributed by atoms with Gasteiger partial charge in [0.2, 0.25) is 0 Å². The van der Waals surface area contributed by atoms with Gasteiger partial charge in [-0.05, 0) is 24.3 Å². The number of nitrogens with zero attached hydrogens (tertiary/aromatic N) is 2. The first kappa shape index (κ1) is 7.99. The lowest BCUT2D eigenvalue weighted by atomic mass is 10.4. The maximum absolute atomic E-state index is 5.76. The minimum absolute atomic E-state index is 0.522. The van der Waals surface area contributed by atoms with Gasteiger partial charge in [0.15, 0.2) is 5.82 Å². The van der Waals surface area contributed by atoms with Crippen molar-refractivity contribution >= 4 is 17.0 Å². The van der Waals surface area contributed by atoms with Gasteiger partial charge in [-0.2, -0.15) is 4.98 Å². The van der Waals surface area contributed by atoms with Crippen LogP contribution in [-0.2, 0) is 0 Å². The minimum atomic E-state index is 0.522.